The predicted octanol–water partition coefficient (Wildman–Crippen LogP) is 0.932. The Kier molecular flexibility index (Phi) is 3.28. The molecule has 1 aromatic rings. The minimum Gasteiger partial charge on any atom is -0.481 e. The molecule has 1 unspecified atom stereocenters. The van der Waals surface area contributed by atoms with Crippen molar-refractivity contribution < 1.29 is 19.1 Å². The SMILES string of the molecule is CC(=O)NC(CC(=O)O)c1ccco1. The molecule has 0 aliphatic carbocycles. The van der Waals surface area contributed by atoms with Crippen molar-refractivity contribution in [1.29, 1.82) is 0 Å². The molecule has 0 bridgehead atoms. The average molecular weight is 197 g/mol. The van der Waals surface area contributed by atoms with Gasteiger partial charge in [-0.2, -0.15) is 0 Å². The molecule has 0 spiro atoms. The lowest BCUT2D eigenvalue weighted by molar-refractivity contribution is -0.137. The molecule has 1 amide bonds. The Labute approximate surface area is 80.7 Å². The van der Waals surface area contributed by atoms with Gasteiger partial charge in [0.05, 0.1) is 18.7 Å². The molecule has 76 valence electrons. The first-order chi connectivity index (χ1) is 6.59. The van der Waals surface area contributed by atoms with E-state index < -0.39 is 12.0 Å². The number of rotatable bonds is 4. The fourth-order valence-corrected chi connectivity index (χ4v) is 1.13. The van der Waals surface area contributed by atoms with Crippen LogP contribution in [0.1, 0.15) is 25.1 Å². The molecule has 0 radical (unpaired) electrons. The highest BCUT2D eigenvalue weighted by atomic mass is 16.4. The molecule has 0 saturated heterocycles. The summed E-state index contributed by atoms with van der Waals surface area (Å²) in [4.78, 5) is 21.3. The molecule has 0 aromatic carbocycles. The Morgan fingerprint density at radius 1 is 1.64 bits per heavy atom. The zero-order valence-electron chi connectivity index (χ0n) is 7.69. The first kappa shape index (κ1) is 10.3. The third-order valence-electron chi connectivity index (χ3n) is 1.64. The molecule has 0 aliphatic rings. The van der Waals surface area contributed by atoms with Gasteiger partial charge in [0.1, 0.15) is 5.76 Å². The van der Waals surface area contributed by atoms with E-state index in [2.05, 4.69) is 5.32 Å². The number of hydrogen-bond acceptors (Lipinski definition) is 3. The van der Waals surface area contributed by atoms with Crippen LogP contribution in [0.15, 0.2) is 22.8 Å². The molecule has 1 rings (SSSR count). The molecule has 0 aliphatic heterocycles. The third-order valence-corrected chi connectivity index (χ3v) is 1.64. The first-order valence-corrected chi connectivity index (χ1v) is 4.12. The van der Waals surface area contributed by atoms with Crippen LogP contribution in [0, 0.1) is 0 Å². The van der Waals surface area contributed by atoms with Crippen LogP contribution in [-0.2, 0) is 9.59 Å². The van der Waals surface area contributed by atoms with E-state index in [9.17, 15) is 9.59 Å². The van der Waals surface area contributed by atoms with Crippen LogP contribution in [0.4, 0.5) is 0 Å². The van der Waals surface area contributed by atoms with Crippen molar-refractivity contribution in [2.24, 2.45) is 0 Å². The standard InChI is InChI=1S/C9H11NO4/c1-6(11)10-7(5-9(12)13)8-3-2-4-14-8/h2-4,7H,5H2,1H3,(H,10,11)(H,12,13). The van der Waals surface area contributed by atoms with E-state index in [1.54, 1.807) is 12.1 Å². The Hall–Kier alpha value is -1.78. The van der Waals surface area contributed by atoms with Gasteiger partial charge >= 0.3 is 5.97 Å². The van der Waals surface area contributed by atoms with Crippen molar-refractivity contribution in [1.82, 2.24) is 5.32 Å². The molecule has 1 atom stereocenters. The van der Waals surface area contributed by atoms with Crippen LogP contribution in [0.25, 0.3) is 0 Å². The maximum atomic E-state index is 10.8. The Bertz CT molecular complexity index is 302. The number of carboxylic acid groups (broad SMARTS) is 1. The van der Waals surface area contributed by atoms with Crippen LogP contribution < -0.4 is 5.32 Å². The quantitative estimate of drug-likeness (QED) is 0.752. The smallest absolute Gasteiger partial charge is 0.305 e. The van der Waals surface area contributed by atoms with Gasteiger partial charge in [-0.05, 0) is 12.1 Å². The number of carboxylic acids is 1. The fraction of sp³-hybridized carbons (Fsp3) is 0.333. The molecule has 0 saturated carbocycles. The van der Waals surface area contributed by atoms with E-state index >= 15 is 0 Å². The molecular formula is C9H11NO4. The van der Waals surface area contributed by atoms with E-state index in [0.717, 1.165) is 0 Å². The summed E-state index contributed by atoms with van der Waals surface area (Å²) in [5.74, 6) is -0.824. The summed E-state index contributed by atoms with van der Waals surface area (Å²) in [5.41, 5.74) is 0. The molecule has 1 heterocycles. The number of aliphatic carboxylic acids is 1. The van der Waals surface area contributed by atoms with Gasteiger partial charge in [0, 0.05) is 6.92 Å². The van der Waals surface area contributed by atoms with Crippen LogP contribution in [-0.4, -0.2) is 17.0 Å². The monoisotopic (exact) mass is 197 g/mol. The lowest BCUT2D eigenvalue weighted by atomic mass is 10.1. The maximum Gasteiger partial charge on any atom is 0.305 e. The average Bonchev–Trinajstić information content (AvgIpc) is 2.52. The zero-order chi connectivity index (χ0) is 10.6. The topological polar surface area (TPSA) is 79.5 Å². The number of carbonyl (C=O) groups is 2. The first-order valence-electron chi connectivity index (χ1n) is 4.12. The molecule has 1 aromatic heterocycles. The maximum absolute atomic E-state index is 10.8. The van der Waals surface area contributed by atoms with Gasteiger partial charge in [-0.1, -0.05) is 0 Å². The van der Waals surface area contributed by atoms with Gasteiger partial charge in [-0.25, -0.2) is 0 Å². The van der Waals surface area contributed by atoms with Gasteiger partial charge in [-0.15, -0.1) is 0 Å². The van der Waals surface area contributed by atoms with E-state index in [-0.39, 0.29) is 12.3 Å². The van der Waals surface area contributed by atoms with Crippen LogP contribution in [0.5, 0.6) is 0 Å². The fourth-order valence-electron chi connectivity index (χ4n) is 1.13. The number of hydrogen-bond donors (Lipinski definition) is 2. The molecule has 5 nitrogen and oxygen atoms in total. The van der Waals surface area contributed by atoms with E-state index in [0.29, 0.717) is 5.76 Å². The molecule has 14 heavy (non-hydrogen) atoms. The van der Waals surface area contributed by atoms with Crippen LogP contribution in [0.2, 0.25) is 0 Å². The van der Waals surface area contributed by atoms with Crippen molar-refractivity contribution >= 4 is 11.9 Å². The second-order valence-electron chi connectivity index (χ2n) is 2.87. The minimum absolute atomic E-state index is 0.187. The van der Waals surface area contributed by atoms with Crippen molar-refractivity contribution in [3.63, 3.8) is 0 Å². The van der Waals surface area contributed by atoms with Gasteiger partial charge in [0.25, 0.3) is 0 Å². The number of amides is 1. The summed E-state index contributed by atoms with van der Waals surface area (Å²) in [6, 6.07) is 2.68. The summed E-state index contributed by atoms with van der Waals surface area (Å²) in [7, 11) is 0. The number of furan rings is 1. The van der Waals surface area contributed by atoms with Gasteiger partial charge in [0.2, 0.25) is 5.91 Å². The second-order valence-corrected chi connectivity index (χ2v) is 2.87. The van der Waals surface area contributed by atoms with Crippen molar-refractivity contribution in [2.75, 3.05) is 0 Å². The summed E-state index contributed by atoms with van der Waals surface area (Å²) in [5, 5.41) is 11.1. The summed E-state index contributed by atoms with van der Waals surface area (Å²) < 4.78 is 5.02. The van der Waals surface area contributed by atoms with E-state index in [4.69, 9.17) is 9.52 Å². The van der Waals surface area contributed by atoms with Crippen molar-refractivity contribution in [3.05, 3.63) is 24.2 Å². The molecule has 0 fully saturated rings. The summed E-state index contributed by atoms with van der Waals surface area (Å²) in [6.45, 7) is 1.33. The number of nitrogens with one attached hydrogen (secondary N) is 1. The highest BCUT2D eigenvalue weighted by molar-refractivity contribution is 5.75. The predicted molar refractivity (Wildman–Crippen MR) is 47.5 cm³/mol. The molecule has 5 heteroatoms. The minimum atomic E-state index is -0.986. The van der Waals surface area contributed by atoms with Crippen molar-refractivity contribution in [2.45, 2.75) is 19.4 Å². The van der Waals surface area contributed by atoms with Gasteiger partial charge in [-0.3, -0.25) is 9.59 Å². The highest BCUT2D eigenvalue weighted by Crippen LogP contribution is 2.16. The van der Waals surface area contributed by atoms with E-state index in [1.165, 1.54) is 13.2 Å². The Balaban J connectivity index is 2.71. The Morgan fingerprint density at radius 2 is 2.36 bits per heavy atom. The highest BCUT2D eigenvalue weighted by Gasteiger charge is 2.18. The third kappa shape index (κ3) is 2.93. The normalized spacial score (nSPS) is 12.1. The largest absolute Gasteiger partial charge is 0.481 e. The summed E-state index contributed by atoms with van der Waals surface area (Å²) >= 11 is 0. The van der Waals surface area contributed by atoms with Gasteiger partial charge in [0.15, 0.2) is 0 Å². The second kappa shape index (κ2) is 4.45. The van der Waals surface area contributed by atoms with Crippen molar-refractivity contribution in [3.8, 4) is 0 Å². The lowest BCUT2D eigenvalue weighted by Gasteiger charge is -2.12. The molecular weight excluding hydrogens is 186 g/mol. The Morgan fingerprint density at radius 3 is 2.79 bits per heavy atom. The van der Waals surface area contributed by atoms with Crippen LogP contribution >= 0.6 is 0 Å². The van der Waals surface area contributed by atoms with Gasteiger partial charge < -0.3 is 14.8 Å². The molecule has 2 N–H and O–H groups in total. The lowest BCUT2D eigenvalue weighted by Crippen LogP contribution is -2.27. The van der Waals surface area contributed by atoms with Crippen LogP contribution in [0.3, 0.4) is 0 Å². The zero-order valence-corrected chi connectivity index (χ0v) is 7.69. The number of carbonyl (C=O) groups excluding carboxylic acids is 1. The summed E-state index contributed by atoms with van der Waals surface area (Å²) in [6.07, 6.45) is 1.25. The van der Waals surface area contributed by atoms with E-state index in [1.807, 2.05) is 0 Å².